The highest BCUT2D eigenvalue weighted by atomic mass is 32.1. The molecular formula is C23H20N4O2S. The van der Waals surface area contributed by atoms with E-state index in [1.54, 1.807) is 7.11 Å². The van der Waals surface area contributed by atoms with Crippen LogP contribution in [0.1, 0.15) is 11.4 Å². The third-order valence-corrected chi connectivity index (χ3v) is 5.90. The van der Waals surface area contributed by atoms with Crippen LogP contribution < -0.4 is 10.3 Å². The number of ether oxygens (including phenoxy) is 1. The molecule has 0 atom stereocenters. The van der Waals surface area contributed by atoms with Crippen molar-refractivity contribution in [2.75, 3.05) is 13.7 Å². The van der Waals surface area contributed by atoms with E-state index in [2.05, 4.69) is 16.0 Å². The quantitative estimate of drug-likeness (QED) is 0.457. The van der Waals surface area contributed by atoms with Crippen molar-refractivity contribution in [3.8, 4) is 22.3 Å². The fourth-order valence-corrected chi connectivity index (χ4v) is 4.28. The molecule has 6 nitrogen and oxygen atoms in total. The third-order valence-electron chi connectivity index (χ3n) is 4.72. The number of benzene rings is 2. The van der Waals surface area contributed by atoms with E-state index in [-0.39, 0.29) is 12.1 Å². The Balaban J connectivity index is 1.61. The van der Waals surface area contributed by atoms with Gasteiger partial charge in [-0.2, -0.15) is 5.26 Å². The van der Waals surface area contributed by atoms with Gasteiger partial charge in [0.05, 0.1) is 31.8 Å². The van der Waals surface area contributed by atoms with Gasteiger partial charge in [0.1, 0.15) is 16.3 Å². The Morgan fingerprint density at radius 2 is 1.90 bits per heavy atom. The molecule has 0 aliphatic carbocycles. The fourth-order valence-electron chi connectivity index (χ4n) is 3.28. The standard InChI is InChI=1S/C23H20N4O2S/c1-29-18-9-7-17(8-10-18)20-13-19-22(30-20)23(28)26-21(25-19)15-27(12-11-24)14-16-5-3-2-4-6-16/h2-10,13H,12,14-15H2,1H3,(H,25,26,28). The summed E-state index contributed by atoms with van der Waals surface area (Å²) in [4.78, 5) is 23.1. The van der Waals surface area contributed by atoms with Gasteiger partial charge in [0.25, 0.3) is 5.56 Å². The molecule has 7 heteroatoms. The molecular weight excluding hydrogens is 396 g/mol. The van der Waals surface area contributed by atoms with Gasteiger partial charge in [-0.3, -0.25) is 9.69 Å². The normalized spacial score (nSPS) is 11.0. The van der Waals surface area contributed by atoms with Crippen LogP contribution in [0.25, 0.3) is 20.7 Å². The molecule has 150 valence electrons. The van der Waals surface area contributed by atoms with Gasteiger partial charge >= 0.3 is 0 Å². The highest BCUT2D eigenvalue weighted by molar-refractivity contribution is 7.22. The molecule has 2 aromatic heterocycles. The second kappa shape index (κ2) is 8.91. The van der Waals surface area contributed by atoms with Crippen LogP contribution in [-0.4, -0.2) is 28.5 Å². The Hall–Kier alpha value is -3.47. The summed E-state index contributed by atoms with van der Waals surface area (Å²) in [6, 6.07) is 21.8. The highest BCUT2D eigenvalue weighted by Crippen LogP contribution is 2.31. The predicted octanol–water partition coefficient (Wildman–Crippen LogP) is 4.19. The van der Waals surface area contributed by atoms with E-state index >= 15 is 0 Å². The van der Waals surface area contributed by atoms with Crippen LogP contribution in [0.5, 0.6) is 5.75 Å². The lowest BCUT2D eigenvalue weighted by atomic mass is 10.2. The Morgan fingerprint density at radius 1 is 1.13 bits per heavy atom. The van der Waals surface area contributed by atoms with Crippen molar-refractivity contribution in [3.63, 3.8) is 0 Å². The molecule has 0 fully saturated rings. The number of fused-ring (bicyclic) bond motifs is 1. The van der Waals surface area contributed by atoms with Crippen LogP contribution in [-0.2, 0) is 13.1 Å². The number of nitrogens with one attached hydrogen (secondary N) is 1. The van der Waals surface area contributed by atoms with E-state index in [1.807, 2.05) is 65.6 Å². The maximum Gasteiger partial charge on any atom is 0.268 e. The fraction of sp³-hybridized carbons (Fsp3) is 0.174. The topological polar surface area (TPSA) is 82.0 Å². The van der Waals surface area contributed by atoms with Gasteiger partial charge in [-0.25, -0.2) is 4.98 Å². The molecule has 0 unspecified atom stereocenters. The number of hydrogen-bond donors (Lipinski definition) is 1. The van der Waals surface area contributed by atoms with Gasteiger partial charge in [0.2, 0.25) is 0 Å². The van der Waals surface area contributed by atoms with Crippen LogP contribution in [0.15, 0.2) is 65.5 Å². The monoisotopic (exact) mass is 416 g/mol. The molecule has 4 aromatic rings. The number of nitrogens with zero attached hydrogens (tertiary/aromatic N) is 3. The van der Waals surface area contributed by atoms with Crippen molar-refractivity contribution in [1.29, 1.82) is 5.26 Å². The van der Waals surface area contributed by atoms with Crippen molar-refractivity contribution in [3.05, 3.63) is 82.4 Å². The van der Waals surface area contributed by atoms with Crippen molar-refractivity contribution >= 4 is 21.6 Å². The van der Waals surface area contributed by atoms with E-state index < -0.39 is 0 Å². The minimum atomic E-state index is -0.156. The number of hydrogen-bond acceptors (Lipinski definition) is 6. The zero-order chi connectivity index (χ0) is 20.9. The summed E-state index contributed by atoms with van der Waals surface area (Å²) in [6.07, 6.45) is 0. The smallest absolute Gasteiger partial charge is 0.268 e. The van der Waals surface area contributed by atoms with Crippen molar-refractivity contribution in [2.24, 2.45) is 0 Å². The summed E-state index contributed by atoms with van der Waals surface area (Å²) in [5.41, 5.74) is 2.63. The largest absolute Gasteiger partial charge is 0.497 e. The van der Waals surface area contributed by atoms with Gasteiger partial charge in [0, 0.05) is 11.4 Å². The molecule has 30 heavy (non-hydrogen) atoms. The molecule has 0 aliphatic rings. The molecule has 0 spiro atoms. The number of aromatic nitrogens is 2. The van der Waals surface area contributed by atoms with Crippen LogP contribution in [0.2, 0.25) is 0 Å². The summed E-state index contributed by atoms with van der Waals surface area (Å²) in [5, 5.41) is 9.19. The lowest BCUT2D eigenvalue weighted by Gasteiger charge is -2.18. The molecule has 0 saturated carbocycles. The van der Waals surface area contributed by atoms with E-state index in [0.717, 1.165) is 21.8 Å². The Morgan fingerprint density at radius 3 is 2.60 bits per heavy atom. The Kier molecular flexibility index (Phi) is 5.89. The van der Waals surface area contributed by atoms with Crippen molar-refractivity contribution in [2.45, 2.75) is 13.1 Å². The zero-order valence-corrected chi connectivity index (χ0v) is 17.3. The maximum atomic E-state index is 12.7. The van der Waals surface area contributed by atoms with E-state index in [4.69, 9.17) is 4.74 Å². The molecule has 0 saturated heterocycles. The Bertz CT molecular complexity index is 1240. The second-order valence-electron chi connectivity index (χ2n) is 6.86. The van der Waals surface area contributed by atoms with Gasteiger partial charge in [0.15, 0.2) is 0 Å². The summed E-state index contributed by atoms with van der Waals surface area (Å²) in [7, 11) is 1.63. The van der Waals surface area contributed by atoms with Gasteiger partial charge in [-0.1, -0.05) is 30.3 Å². The van der Waals surface area contributed by atoms with E-state index in [9.17, 15) is 10.1 Å². The number of aromatic amines is 1. The van der Waals surface area contributed by atoms with E-state index in [1.165, 1.54) is 11.3 Å². The van der Waals surface area contributed by atoms with Crippen LogP contribution in [0.3, 0.4) is 0 Å². The molecule has 1 N–H and O–H groups in total. The highest BCUT2D eigenvalue weighted by Gasteiger charge is 2.13. The van der Waals surface area contributed by atoms with Crippen LogP contribution in [0.4, 0.5) is 0 Å². The predicted molar refractivity (Wildman–Crippen MR) is 118 cm³/mol. The van der Waals surface area contributed by atoms with Crippen LogP contribution in [0, 0.1) is 11.3 Å². The van der Waals surface area contributed by atoms with E-state index in [0.29, 0.717) is 29.1 Å². The minimum Gasteiger partial charge on any atom is -0.497 e. The van der Waals surface area contributed by atoms with Crippen molar-refractivity contribution < 1.29 is 4.74 Å². The number of rotatable bonds is 7. The van der Waals surface area contributed by atoms with Gasteiger partial charge in [-0.05, 0) is 41.5 Å². The molecule has 0 aliphatic heterocycles. The zero-order valence-electron chi connectivity index (χ0n) is 16.5. The summed E-state index contributed by atoms with van der Waals surface area (Å²) < 4.78 is 5.80. The molecule has 2 heterocycles. The second-order valence-corrected chi connectivity index (χ2v) is 7.91. The average Bonchev–Trinajstić information content (AvgIpc) is 3.19. The number of thiophene rings is 1. The average molecular weight is 417 g/mol. The Labute approximate surface area is 178 Å². The first-order valence-electron chi connectivity index (χ1n) is 9.46. The maximum absolute atomic E-state index is 12.7. The number of H-pyrrole nitrogens is 1. The summed E-state index contributed by atoms with van der Waals surface area (Å²) in [6.45, 7) is 1.25. The number of methoxy groups -OCH3 is 1. The number of nitriles is 1. The lowest BCUT2D eigenvalue weighted by Crippen LogP contribution is -2.25. The molecule has 0 amide bonds. The first-order chi connectivity index (χ1) is 14.7. The third kappa shape index (κ3) is 4.40. The summed E-state index contributed by atoms with van der Waals surface area (Å²) in [5.74, 6) is 1.34. The molecule has 2 aromatic carbocycles. The lowest BCUT2D eigenvalue weighted by molar-refractivity contribution is 0.282. The molecule has 4 rings (SSSR count). The SMILES string of the molecule is COc1ccc(-c2cc3nc(CN(CC#N)Cc4ccccc4)[nH]c(=O)c3s2)cc1. The van der Waals surface area contributed by atoms with Crippen molar-refractivity contribution in [1.82, 2.24) is 14.9 Å². The molecule has 0 radical (unpaired) electrons. The minimum absolute atomic E-state index is 0.156. The van der Waals surface area contributed by atoms with Gasteiger partial charge < -0.3 is 9.72 Å². The molecule has 0 bridgehead atoms. The first-order valence-corrected chi connectivity index (χ1v) is 10.3. The summed E-state index contributed by atoms with van der Waals surface area (Å²) >= 11 is 1.42. The van der Waals surface area contributed by atoms with Crippen LogP contribution >= 0.6 is 11.3 Å². The van der Waals surface area contributed by atoms with Gasteiger partial charge in [-0.15, -0.1) is 11.3 Å². The first kappa shape index (κ1) is 19.8.